The molecule has 0 fully saturated rings. The fourth-order valence-corrected chi connectivity index (χ4v) is 3.58. The number of rotatable bonds is 8. The Balaban J connectivity index is 1.95. The quantitative estimate of drug-likeness (QED) is 0.482. The number of para-hydroxylation sites is 2. The van der Waals surface area contributed by atoms with E-state index in [1.807, 2.05) is 35.2 Å². The van der Waals surface area contributed by atoms with Gasteiger partial charge in [-0.25, -0.2) is 4.98 Å². The van der Waals surface area contributed by atoms with E-state index in [9.17, 15) is 4.79 Å². The third kappa shape index (κ3) is 4.56. The molecule has 0 aliphatic rings. The smallest absolute Gasteiger partial charge is 0.255 e. The zero-order valence-electron chi connectivity index (χ0n) is 16.9. The van der Waals surface area contributed by atoms with E-state index in [0.717, 1.165) is 36.2 Å². The van der Waals surface area contributed by atoms with E-state index in [2.05, 4.69) is 31.4 Å². The van der Waals surface area contributed by atoms with Crippen molar-refractivity contribution in [2.45, 2.75) is 46.7 Å². The Labute approximate surface area is 172 Å². The van der Waals surface area contributed by atoms with Crippen molar-refractivity contribution in [3.63, 3.8) is 0 Å². The van der Waals surface area contributed by atoms with Gasteiger partial charge in [-0.1, -0.05) is 56.6 Å². The van der Waals surface area contributed by atoms with Crippen LogP contribution >= 0.6 is 11.6 Å². The molecule has 0 unspecified atom stereocenters. The molecule has 0 N–H and O–H groups in total. The van der Waals surface area contributed by atoms with Crippen LogP contribution < -0.4 is 0 Å². The van der Waals surface area contributed by atoms with E-state index in [1.165, 1.54) is 0 Å². The van der Waals surface area contributed by atoms with Gasteiger partial charge in [0.25, 0.3) is 5.91 Å². The second kappa shape index (κ2) is 9.24. The van der Waals surface area contributed by atoms with Crippen LogP contribution in [0.25, 0.3) is 11.0 Å². The number of carbonyl (C=O) groups is 1. The van der Waals surface area contributed by atoms with Crippen molar-refractivity contribution in [3.8, 4) is 0 Å². The van der Waals surface area contributed by atoms with Gasteiger partial charge in [-0.15, -0.1) is 0 Å². The van der Waals surface area contributed by atoms with Gasteiger partial charge in [0.2, 0.25) is 0 Å². The van der Waals surface area contributed by atoms with Gasteiger partial charge >= 0.3 is 0 Å². The molecule has 0 radical (unpaired) electrons. The second-order valence-corrected chi connectivity index (χ2v) is 7.96. The predicted octanol–water partition coefficient (Wildman–Crippen LogP) is 5.79. The first kappa shape index (κ1) is 20.4. The summed E-state index contributed by atoms with van der Waals surface area (Å²) >= 11 is 6.31. The molecule has 0 saturated heterocycles. The molecular formula is C23H28ClN3O. The molecule has 1 aromatic heterocycles. The minimum Gasteiger partial charge on any atom is -0.331 e. The standard InChI is InChI=1S/C23H28ClN3O/c1-4-14-27-21-12-8-7-11-20(21)25-22(27)16-26(15-13-17(2)3)23(28)18-9-5-6-10-19(18)24/h5-12,17H,4,13-16H2,1-3H3. The lowest BCUT2D eigenvalue weighted by molar-refractivity contribution is 0.0729. The number of hydrogen-bond acceptors (Lipinski definition) is 2. The molecule has 28 heavy (non-hydrogen) atoms. The average Bonchev–Trinajstić information content (AvgIpc) is 3.02. The summed E-state index contributed by atoms with van der Waals surface area (Å²) in [6.07, 6.45) is 1.95. The van der Waals surface area contributed by atoms with Crippen molar-refractivity contribution < 1.29 is 4.79 Å². The molecule has 3 rings (SSSR count). The molecule has 2 aromatic carbocycles. The number of hydrogen-bond donors (Lipinski definition) is 0. The van der Waals surface area contributed by atoms with Crippen LogP contribution in [0, 0.1) is 5.92 Å². The van der Waals surface area contributed by atoms with Crippen molar-refractivity contribution in [2.75, 3.05) is 6.54 Å². The van der Waals surface area contributed by atoms with Gasteiger partial charge in [0.1, 0.15) is 5.82 Å². The van der Waals surface area contributed by atoms with Gasteiger partial charge in [-0.05, 0) is 43.0 Å². The fourth-order valence-electron chi connectivity index (χ4n) is 3.36. The van der Waals surface area contributed by atoms with Gasteiger partial charge in [0, 0.05) is 13.1 Å². The molecule has 0 spiro atoms. The molecule has 0 aliphatic carbocycles. The molecule has 148 valence electrons. The number of halogens is 1. The second-order valence-electron chi connectivity index (χ2n) is 7.56. The van der Waals surface area contributed by atoms with Crippen LogP contribution in [0.3, 0.4) is 0 Å². The molecule has 1 amide bonds. The molecule has 0 atom stereocenters. The maximum atomic E-state index is 13.3. The van der Waals surface area contributed by atoms with Crippen molar-refractivity contribution in [2.24, 2.45) is 5.92 Å². The van der Waals surface area contributed by atoms with E-state index in [1.54, 1.807) is 12.1 Å². The third-order valence-corrected chi connectivity index (χ3v) is 5.21. The summed E-state index contributed by atoms with van der Waals surface area (Å²) in [6.45, 7) is 8.54. The highest BCUT2D eigenvalue weighted by Gasteiger charge is 2.21. The monoisotopic (exact) mass is 397 g/mol. The van der Waals surface area contributed by atoms with E-state index in [4.69, 9.17) is 16.6 Å². The Morgan fingerprint density at radius 3 is 2.57 bits per heavy atom. The van der Waals surface area contributed by atoms with Crippen molar-refractivity contribution in [3.05, 3.63) is 64.9 Å². The topological polar surface area (TPSA) is 38.1 Å². The Bertz CT molecular complexity index is 948. The Morgan fingerprint density at radius 1 is 1.14 bits per heavy atom. The summed E-state index contributed by atoms with van der Waals surface area (Å²) in [6, 6.07) is 15.4. The van der Waals surface area contributed by atoms with Crippen LogP contribution in [-0.2, 0) is 13.1 Å². The van der Waals surface area contributed by atoms with Crippen LogP contribution in [0.5, 0.6) is 0 Å². The molecule has 0 bridgehead atoms. The van der Waals surface area contributed by atoms with E-state index >= 15 is 0 Å². The first-order valence-corrected chi connectivity index (χ1v) is 10.4. The largest absolute Gasteiger partial charge is 0.331 e. The molecule has 0 aliphatic heterocycles. The minimum atomic E-state index is -0.0404. The Hall–Kier alpha value is -2.33. The van der Waals surface area contributed by atoms with Gasteiger partial charge in [0.05, 0.1) is 28.2 Å². The number of aromatic nitrogens is 2. The summed E-state index contributed by atoms with van der Waals surface area (Å²) in [4.78, 5) is 20.0. The first-order chi connectivity index (χ1) is 13.5. The summed E-state index contributed by atoms with van der Waals surface area (Å²) in [5.41, 5.74) is 2.64. The first-order valence-electron chi connectivity index (χ1n) is 9.99. The fraction of sp³-hybridized carbons (Fsp3) is 0.391. The van der Waals surface area contributed by atoms with Crippen LogP contribution in [0.2, 0.25) is 5.02 Å². The lowest BCUT2D eigenvalue weighted by Gasteiger charge is -2.24. The minimum absolute atomic E-state index is 0.0404. The van der Waals surface area contributed by atoms with Crippen LogP contribution in [0.15, 0.2) is 48.5 Å². The lowest BCUT2D eigenvalue weighted by atomic mass is 10.1. The molecule has 3 aromatic rings. The number of imidazole rings is 1. The summed E-state index contributed by atoms with van der Waals surface area (Å²) in [7, 11) is 0. The zero-order valence-corrected chi connectivity index (χ0v) is 17.6. The molecular weight excluding hydrogens is 370 g/mol. The van der Waals surface area contributed by atoms with E-state index in [-0.39, 0.29) is 5.91 Å². The van der Waals surface area contributed by atoms with Gasteiger partial charge in [-0.2, -0.15) is 0 Å². The van der Waals surface area contributed by atoms with E-state index in [0.29, 0.717) is 29.6 Å². The molecule has 4 nitrogen and oxygen atoms in total. The van der Waals surface area contributed by atoms with Gasteiger partial charge < -0.3 is 9.47 Å². The van der Waals surface area contributed by atoms with Gasteiger partial charge in [-0.3, -0.25) is 4.79 Å². The Morgan fingerprint density at radius 2 is 1.86 bits per heavy atom. The number of carbonyl (C=O) groups excluding carboxylic acids is 1. The summed E-state index contributed by atoms with van der Waals surface area (Å²) < 4.78 is 2.23. The average molecular weight is 398 g/mol. The lowest BCUT2D eigenvalue weighted by Crippen LogP contribution is -2.33. The van der Waals surface area contributed by atoms with Gasteiger partial charge in [0.15, 0.2) is 0 Å². The normalized spacial score (nSPS) is 11.3. The molecule has 0 saturated carbocycles. The zero-order chi connectivity index (χ0) is 20.1. The van der Waals surface area contributed by atoms with E-state index < -0.39 is 0 Å². The highest BCUT2D eigenvalue weighted by molar-refractivity contribution is 6.33. The maximum absolute atomic E-state index is 13.3. The maximum Gasteiger partial charge on any atom is 0.255 e. The number of fused-ring (bicyclic) bond motifs is 1. The summed E-state index contributed by atoms with van der Waals surface area (Å²) in [5, 5.41) is 0.490. The van der Waals surface area contributed by atoms with Crippen LogP contribution in [0.4, 0.5) is 0 Å². The number of nitrogens with zero attached hydrogens (tertiary/aromatic N) is 3. The van der Waals surface area contributed by atoms with Crippen LogP contribution in [0.1, 0.15) is 49.8 Å². The van der Waals surface area contributed by atoms with Crippen molar-refractivity contribution >= 4 is 28.5 Å². The number of amides is 1. The molecule has 5 heteroatoms. The Kier molecular flexibility index (Phi) is 6.74. The number of aryl methyl sites for hydroxylation is 1. The van der Waals surface area contributed by atoms with Crippen molar-refractivity contribution in [1.82, 2.24) is 14.5 Å². The van der Waals surface area contributed by atoms with Crippen molar-refractivity contribution in [1.29, 1.82) is 0 Å². The third-order valence-electron chi connectivity index (χ3n) is 4.88. The number of benzene rings is 2. The predicted molar refractivity (Wildman–Crippen MR) is 116 cm³/mol. The van der Waals surface area contributed by atoms with Crippen LogP contribution in [-0.4, -0.2) is 26.9 Å². The SMILES string of the molecule is CCCn1c(CN(CCC(C)C)C(=O)c2ccccc2Cl)nc2ccccc21. The highest BCUT2D eigenvalue weighted by Crippen LogP contribution is 2.22. The molecule has 1 heterocycles. The highest BCUT2D eigenvalue weighted by atomic mass is 35.5. The summed E-state index contributed by atoms with van der Waals surface area (Å²) in [5.74, 6) is 1.39.